The molecule has 0 aromatic heterocycles. The van der Waals surface area contributed by atoms with Crippen molar-refractivity contribution in [3.63, 3.8) is 0 Å². The van der Waals surface area contributed by atoms with Gasteiger partial charge >= 0.3 is 11.9 Å². The SMILES string of the molecule is C=C1CC(=O)OC1=O.CN1C(=O)C=CC1=O. The molecule has 0 aliphatic carbocycles. The highest BCUT2D eigenvalue weighted by molar-refractivity contribution is 6.12. The first-order chi connectivity index (χ1) is 7.41. The van der Waals surface area contributed by atoms with E-state index in [1.807, 2.05) is 0 Å². The molecule has 0 bridgehead atoms. The fraction of sp³-hybridized carbons (Fsp3) is 0.200. The minimum atomic E-state index is -0.588. The zero-order chi connectivity index (χ0) is 12.3. The van der Waals surface area contributed by atoms with Crippen LogP contribution in [0.1, 0.15) is 6.42 Å². The molecule has 2 aliphatic rings. The van der Waals surface area contributed by atoms with Gasteiger partial charge in [0, 0.05) is 24.8 Å². The van der Waals surface area contributed by atoms with E-state index < -0.39 is 11.9 Å². The molecule has 0 radical (unpaired) electrons. The van der Waals surface area contributed by atoms with Crippen LogP contribution in [0.5, 0.6) is 0 Å². The second-order valence-electron chi connectivity index (χ2n) is 3.11. The molecule has 0 atom stereocenters. The Balaban J connectivity index is 0.000000160. The van der Waals surface area contributed by atoms with Gasteiger partial charge in [-0.15, -0.1) is 0 Å². The molecule has 6 nitrogen and oxygen atoms in total. The lowest BCUT2D eigenvalue weighted by Crippen LogP contribution is -2.24. The molecule has 0 saturated carbocycles. The summed E-state index contributed by atoms with van der Waals surface area (Å²) in [5.41, 5.74) is 0.245. The molecule has 0 spiro atoms. The number of hydrogen-bond acceptors (Lipinski definition) is 5. The number of nitrogens with zero attached hydrogens (tertiary/aromatic N) is 1. The number of cyclic esters (lactones) is 2. The predicted octanol–water partition coefficient (Wildman–Crippen LogP) is -0.443. The van der Waals surface area contributed by atoms with Crippen LogP contribution in [0.15, 0.2) is 24.3 Å². The summed E-state index contributed by atoms with van der Waals surface area (Å²) >= 11 is 0. The van der Waals surface area contributed by atoms with Crippen molar-refractivity contribution >= 4 is 23.8 Å². The number of esters is 2. The van der Waals surface area contributed by atoms with Gasteiger partial charge in [0.15, 0.2) is 0 Å². The van der Waals surface area contributed by atoms with Gasteiger partial charge in [-0.3, -0.25) is 19.3 Å². The van der Waals surface area contributed by atoms with Crippen LogP contribution in [0.25, 0.3) is 0 Å². The molecule has 2 rings (SSSR count). The monoisotopic (exact) mass is 223 g/mol. The molecule has 0 aromatic rings. The third-order valence-electron chi connectivity index (χ3n) is 1.88. The largest absolute Gasteiger partial charge is 0.389 e. The molecule has 6 heteroatoms. The van der Waals surface area contributed by atoms with E-state index >= 15 is 0 Å². The van der Waals surface area contributed by atoms with Gasteiger partial charge < -0.3 is 4.74 Å². The summed E-state index contributed by atoms with van der Waals surface area (Å²) in [4.78, 5) is 42.3. The van der Waals surface area contributed by atoms with Crippen molar-refractivity contribution in [3.05, 3.63) is 24.3 Å². The van der Waals surface area contributed by atoms with Gasteiger partial charge in [0.2, 0.25) is 0 Å². The summed E-state index contributed by atoms with van der Waals surface area (Å²) in [6.07, 6.45) is 2.56. The Labute approximate surface area is 91.2 Å². The number of rotatable bonds is 0. The molecule has 2 aliphatic heterocycles. The standard InChI is InChI=1S/C5H5NO2.C5H4O3/c1-6-4(7)2-3-5(6)8;1-3-2-4(6)8-5(3)7/h2-3H,1H3;1-2H2. The van der Waals surface area contributed by atoms with Gasteiger partial charge in [-0.25, -0.2) is 4.79 Å². The molecule has 0 N–H and O–H groups in total. The van der Waals surface area contributed by atoms with E-state index in [0.29, 0.717) is 0 Å². The van der Waals surface area contributed by atoms with E-state index in [4.69, 9.17) is 0 Å². The van der Waals surface area contributed by atoms with Gasteiger partial charge in [0.05, 0.1) is 6.42 Å². The van der Waals surface area contributed by atoms with Crippen LogP contribution in [0.3, 0.4) is 0 Å². The Kier molecular flexibility index (Phi) is 3.34. The highest BCUT2D eigenvalue weighted by Crippen LogP contribution is 2.10. The summed E-state index contributed by atoms with van der Waals surface area (Å²) in [6.45, 7) is 3.29. The molecular formula is C10H9NO5. The van der Waals surface area contributed by atoms with Crippen molar-refractivity contribution in [1.29, 1.82) is 0 Å². The zero-order valence-corrected chi connectivity index (χ0v) is 8.56. The van der Waals surface area contributed by atoms with Crippen LogP contribution >= 0.6 is 0 Å². The topological polar surface area (TPSA) is 80.8 Å². The van der Waals surface area contributed by atoms with E-state index in [2.05, 4.69) is 11.3 Å². The van der Waals surface area contributed by atoms with Gasteiger partial charge in [-0.1, -0.05) is 6.58 Å². The number of ether oxygens (including phenoxy) is 1. The quantitative estimate of drug-likeness (QED) is 0.240. The minimum absolute atomic E-state index is 0.0544. The van der Waals surface area contributed by atoms with Gasteiger partial charge in [0.1, 0.15) is 0 Å². The molecule has 0 aromatic carbocycles. The van der Waals surface area contributed by atoms with Crippen LogP contribution in [-0.2, 0) is 23.9 Å². The number of amides is 2. The summed E-state index contributed by atoms with van der Waals surface area (Å²) in [7, 11) is 1.45. The molecule has 2 heterocycles. The average molecular weight is 223 g/mol. The lowest BCUT2D eigenvalue weighted by molar-refractivity contribution is -0.151. The maximum absolute atomic E-state index is 10.4. The average Bonchev–Trinajstić information content (AvgIpc) is 2.65. The lowest BCUT2D eigenvalue weighted by Gasteiger charge is -2.01. The molecule has 16 heavy (non-hydrogen) atoms. The Morgan fingerprint density at radius 2 is 1.69 bits per heavy atom. The summed E-state index contributed by atoms with van der Waals surface area (Å²) in [5.74, 6) is -1.57. The molecule has 1 fully saturated rings. The number of hydrogen-bond donors (Lipinski definition) is 0. The highest BCUT2D eigenvalue weighted by Gasteiger charge is 2.24. The third kappa shape index (κ3) is 2.63. The molecule has 2 amide bonds. The van der Waals surface area contributed by atoms with E-state index in [1.54, 1.807) is 0 Å². The fourth-order valence-electron chi connectivity index (χ4n) is 0.933. The van der Waals surface area contributed by atoms with E-state index in [9.17, 15) is 19.2 Å². The van der Waals surface area contributed by atoms with Gasteiger partial charge in [-0.05, 0) is 0 Å². The van der Waals surface area contributed by atoms with Crippen molar-refractivity contribution in [2.45, 2.75) is 6.42 Å². The summed E-state index contributed by atoms with van der Waals surface area (Å²) in [6, 6.07) is 0. The minimum Gasteiger partial charge on any atom is -0.389 e. The first-order valence-corrected chi connectivity index (χ1v) is 4.34. The second kappa shape index (κ2) is 4.52. The maximum Gasteiger partial charge on any atom is 0.341 e. The van der Waals surface area contributed by atoms with E-state index in [1.165, 1.54) is 19.2 Å². The van der Waals surface area contributed by atoms with Crippen molar-refractivity contribution in [2.75, 3.05) is 7.05 Å². The van der Waals surface area contributed by atoms with Crippen LogP contribution in [0.4, 0.5) is 0 Å². The normalized spacial score (nSPS) is 18.8. The molecule has 1 saturated heterocycles. The molecule has 0 unspecified atom stereocenters. The fourth-order valence-corrected chi connectivity index (χ4v) is 0.933. The van der Waals surface area contributed by atoms with Crippen LogP contribution in [0.2, 0.25) is 0 Å². The van der Waals surface area contributed by atoms with Gasteiger partial charge in [0.25, 0.3) is 11.8 Å². The van der Waals surface area contributed by atoms with Crippen LogP contribution in [0, 0.1) is 0 Å². The Morgan fingerprint density at radius 1 is 1.19 bits per heavy atom. The van der Waals surface area contributed by atoms with Crippen molar-refractivity contribution in [1.82, 2.24) is 4.90 Å². The smallest absolute Gasteiger partial charge is 0.341 e. The highest BCUT2D eigenvalue weighted by atomic mass is 16.6. The maximum atomic E-state index is 10.4. The Bertz CT molecular complexity index is 381. The number of carbonyl (C=O) groups is 4. The van der Waals surface area contributed by atoms with E-state index in [-0.39, 0.29) is 23.8 Å². The molecule has 84 valence electrons. The number of carbonyl (C=O) groups excluding carboxylic acids is 4. The predicted molar refractivity (Wildman–Crippen MR) is 51.8 cm³/mol. The summed E-state index contributed by atoms with van der Waals surface area (Å²) < 4.78 is 4.10. The zero-order valence-electron chi connectivity index (χ0n) is 8.56. The van der Waals surface area contributed by atoms with Crippen LogP contribution < -0.4 is 0 Å². The Hall–Kier alpha value is -2.24. The Morgan fingerprint density at radius 3 is 1.81 bits per heavy atom. The first kappa shape index (κ1) is 11.8. The number of likely N-dealkylation sites (N-methyl/N-ethyl adjacent to an activating group) is 1. The van der Waals surface area contributed by atoms with Crippen LogP contribution in [-0.4, -0.2) is 35.7 Å². The molecular weight excluding hydrogens is 214 g/mol. The lowest BCUT2D eigenvalue weighted by atomic mass is 10.3. The summed E-state index contributed by atoms with van der Waals surface area (Å²) in [5, 5.41) is 0. The van der Waals surface area contributed by atoms with Crippen molar-refractivity contribution < 1.29 is 23.9 Å². The van der Waals surface area contributed by atoms with Crippen molar-refractivity contribution in [2.24, 2.45) is 0 Å². The second-order valence-corrected chi connectivity index (χ2v) is 3.11. The van der Waals surface area contributed by atoms with Gasteiger partial charge in [-0.2, -0.15) is 0 Å². The number of imide groups is 1. The first-order valence-electron chi connectivity index (χ1n) is 4.34. The van der Waals surface area contributed by atoms with Crippen molar-refractivity contribution in [3.8, 4) is 0 Å². The van der Waals surface area contributed by atoms with E-state index in [0.717, 1.165) is 4.90 Å². The third-order valence-corrected chi connectivity index (χ3v) is 1.88.